The molecule has 2 N–H and O–H groups in total. The fourth-order valence-corrected chi connectivity index (χ4v) is 2.95. The highest BCUT2D eigenvalue weighted by Crippen LogP contribution is 2.33. The van der Waals surface area contributed by atoms with Gasteiger partial charge in [0.15, 0.2) is 0 Å². The average molecular weight is 444 g/mol. The predicted octanol–water partition coefficient (Wildman–Crippen LogP) is 5.88. The maximum atomic E-state index is 14.9. The molecule has 0 unspecified atom stereocenters. The summed E-state index contributed by atoms with van der Waals surface area (Å²) in [5.74, 6) is -0.0687. The Morgan fingerprint density at radius 3 is 2.44 bits per heavy atom. The quantitative estimate of drug-likeness (QED) is 0.299. The van der Waals surface area contributed by atoms with Crippen LogP contribution in [0.15, 0.2) is 48.0 Å². The highest BCUT2D eigenvalue weighted by Gasteiger charge is 2.16. The third-order valence-corrected chi connectivity index (χ3v) is 4.96. The Morgan fingerprint density at radius 2 is 1.81 bits per heavy atom. The lowest BCUT2D eigenvalue weighted by molar-refractivity contribution is 0.0185. The molecule has 6 nitrogen and oxygen atoms in total. The van der Waals surface area contributed by atoms with Gasteiger partial charge in [-0.05, 0) is 51.5 Å². The molecule has 0 aliphatic rings. The number of anilines is 2. The molecule has 0 atom stereocenters. The van der Waals surface area contributed by atoms with Gasteiger partial charge in [0.25, 0.3) is 0 Å². The van der Waals surface area contributed by atoms with E-state index in [0.717, 1.165) is 24.3 Å². The highest BCUT2D eigenvalue weighted by atomic mass is 19.1. The summed E-state index contributed by atoms with van der Waals surface area (Å²) in [6.07, 6.45) is 2.49. The molecule has 7 heteroatoms. The smallest absolute Gasteiger partial charge is 0.138 e. The van der Waals surface area contributed by atoms with E-state index in [0.29, 0.717) is 35.9 Å². The molecule has 0 spiro atoms. The number of rotatable bonds is 13. The van der Waals surface area contributed by atoms with E-state index < -0.39 is 5.82 Å². The second kappa shape index (κ2) is 12.2. The van der Waals surface area contributed by atoms with E-state index in [4.69, 9.17) is 14.2 Å². The van der Waals surface area contributed by atoms with Gasteiger partial charge in [0.2, 0.25) is 0 Å². The van der Waals surface area contributed by atoms with Crippen molar-refractivity contribution in [2.45, 2.75) is 32.8 Å². The first-order valence-corrected chi connectivity index (χ1v) is 10.6. The van der Waals surface area contributed by atoms with Gasteiger partial charge in [-0.15, -0.1) is 0 Å². The maximum Gasteiger partial charge on any atom is 0.138 e. The summed E-state index contributed by atoms with van der Waals surface area (Å²) >= 11 is 0. The van der Waals surface area contributed by atoms with Gasteiger partial charge in [0, 0.05) is 56.2 Å². The summed E-state index contributed by atoms with van der Waals surface area (Å²) in [5.41, 5.74) is 2.77. The number of hydrogen-bond acceptors (Lipinski definition) is 6. The van der Waals surface area contributed by atoms with Gasteiger partial charge < -0.3 is 24.8 Å². The fraction of sp³-hybridized carbons (Fsp3) is 0.400. The van der Waals surface area contributed by atoms with Gasteiger partial charge in [-0.2, -0.15) is 0 Å². The van der Waals surface area contributed by atoms with Crippen LogP contribution in [0.2, 0.25) is 0 Å². The standard InChI is InChI=1S/C25H34FN3O3/c1-7-27-23-17-21(32-15-14-30-5)16-22(26)24(23)18(2)29-20-10-8-19(9-11-20)28-13-12-25(3,4)31-6/h7-11,16-17,28-29H,2,12-15H2,1,3-6H3. The molecule has 2 aromatic carbocycles. The summed E-state index contributed by atoms with van der Waals surface area (Å²) in [6.45, 7) is 11.4. The number of ether oxygens (including phenoxy) is 3. The van der Waals surface area contributed by atoms with Crippen LogP contribution in [0.4, 0.5) is 21.5 Å². The molecule has 0 amide bonds. The summed E-state index contributed by atoms with van der Waals surface area (Å²) in [6, 6.07) is 10.8. The Hall–Kier alpha value is -2.90. The first kappa shape index (κ1) is 25.4. The molecule has 2 rings (SSSR count). The topological polar surface area (TPSA) is 64.1 Å². The minimum absolute atomic E-state index is 0.167. The molecule has 0 aromatic heterocycles. The van der Waals surface area contributed by atoms with Gasteiger partial charge in [-0.25, -0.2) is 4.39 Å². The Balaban J connectivity index is 2.08. The van der Waals surface area contributed by atoms with Gasteiger partial charge in [0.1, 0.15) is 18.2 Å². The second-order valence-electron chi connectivity index (χ2n) is 7.85. The lowest BCUT2D eigenvalue weighted by Crippen LogP contribution is -2.25. The normalized spacial score (nSPS) is 11.6. The zero-order valence-corrected chi connectivity index (χ0v) is 19.6. The first-order valence-electron chi connectivity index (χ1n) is 10.6. The van der Waals surface area contributed by atoms with Crippen LogP contribution in [0.25, 0.3) is 5.70 Å². The molecule has 0 bridgehead atoms. The van der Waals surface area contributed by atoms with Crippen molar-refractivity contribution in [2.24, 2.45) is 4.99 Å². The van der Waals surface area contributed by atoms with Crippen molar-refractivity contribution < 1.29 is 18.6 Å². The Kier molecular flexibility index (Phi) is 9.68. The largest absolute Gasteiger partial charge is 0.491 e. The van der Waals surface area contributed by atoms with Crippen molar-refractivity contribution in [3.63, 3.8) is 0 Å². The van der Waals surface area contributed by atoms with Crippen molar-refractivity contribution in [1.29, 1.82) is 0 Å². The molecular formula is C25H34FN3O3. The van der Waals surface area contributed by atoms with Gasteiger partial charge >= 0.3 is 0 Å². The van der Waals surface area contributed by atoms with Crippen LogP contribution in [-0.2, 0) is 9.47 Å². The van der Waals surface area contributed by atoms with Gasteiger partial charge in [0.05, 0.1) is 23.5 Å². The van der Waals surface area contributed by atoms with E-state index in [1.54, 1.807) is 33.4 Å². The van der Waals surface area contributed by atoms with Crippen LogP contribution in [-0.4, -0.2) is 45.8 Å². The van der Waals surface area contributed by atoms with E-state index in [2.05, 4.69) is 36.1 Å². The van der Waals surface area contributed by atoms with E-state index in [9.17, 15) is 4.39 Å². The predicted molar refractivity (Wildman–Crippen MR) is 131 cm³/mol. The molecule has 0 heterocycles. The fourth-order valence-electron chi connectivity index (χ4n) is 2.95. The van der Waals surface area contributed by atoms with E-state index in [-0.39, 0.29) is 5.60 Å². The van der Waals surface area contributed by atoms with Crippen LogP contribution in [0, 0.1) is 5.82 Å². The number of methoxy groups -OCH3 is 2. The zero-order chi connectivity index (χ0) is 23.6. The summed E-state index contributed by atoms with van der Waals surface area (Å²) < 4.78 is 30.9. The Bertz CT molecular complexity index is 911. The van der Waals surface area contributed by atoms with Crippen LogP contribution in [0.5, 0.6) is 5.75 Å². The molecule has 32 heavy (non-hydrogen) atoms. The third kappa shape index (κ3) is 7.66. The van der Waals surface area contributed by atoms with Gasteiger partial charge in [-0.3, -0.25) is 4.99 Å². The number of nitrogens with zero attached hydrogens (tertiary/aromatic N) is 1. The number of hydrogen-bond donors (Lipinski definition) is 2. The molecule has 2 aromatic rings. The Labute approximate surface area is 190 Å². The molecule has 0 saturated carbocycles. The number of aliphatic imine (C=N–C) groups is 1. The van der Waals surface area contributed by atoms with Crippen molar-refractivity contribution >= 4 is 29.0 Å². The molecule has 0 aliphatic carbocycles. The third-order valence-electron chi connectivity index (χ3n) is 4.96. The maximum absolute atomic E-state index is 14.9. The average Bonchev–Trinajstić information content (AvgIpc) is 2.75. The minimum atomic E-state index is -0.461. The first-order chi connectivity index (χ1) is 15.3. The van der Waals surface area contributed by atoms with E-state index >= 15 is 0 Å². The lowest BCUT2D eigenvalue weighted by atomic mass is 10.1. The monoisotopic (exact) mass is 443 g/mol. The molecule has 174 valence electrons. The van der Waals surface area contributed by atoms with Crippen molar-refractivity contribution in [3.05, 3.63) is 54.4 Å². The van der Waals surface area contributed by atoms with Crippen LogP contribution >= 0.6 is 0 Å². The summed E-state index contributed by atoms with van der Waals surface area (Å²) in [5, 5.41) is 6.55. The summed E-state index contributed by atoms with van der Waals surface area (Å²) in [4.78, 5) is 4.30. The van der Waals surface area contributed by atoms with E-state index in [1.165, 1.54) is 6.07 Å². The van der Waals surface area contributed by atoms with Crippen molar-refractivity contribution in [3.8, 4) is 5.75 Å². The van der Waals surface area contributed by atoms with Crippen LogP contribution < -0.4 is 15.4 Å². The summed E-state index contributed by atoms with van der Waals surface area (Å²) in [7, 11) is 3.30. The van der Waals surface area contributed by atoms with Gasteiger partial charge in [-0.1, -0.05) is 6.58 Å². The molecule has 0 fully saturated rings. The number of halogens is 1. The highest BCUT2D eigenvalue weighted by molar-refractivity contribution is 5.83. The second-order valence-corrected chi connectivity index (χ2v) is 7.85. The Morgan fingerprint density at radius 1 is 1.12 bits per heavy atom. The van der Waals surface area contributed by atoms with Crippen LogP contribution in [0.1, 0.15) is 32.8 Å². The SMILES string of the molecule is C=C(Nc1ccc(NCCC(C)(C)OC)cc1)c1c(F)cc(OCCOC)cc1N=CC. The minimum Gasteiger partial charge on any atom is -0.491 e. The van der Waals surface area contributed by atoms with E-state index in [1.807, 2.05) is 24.3 Å². The zero-order valence-electron chi connectivity index (χ0n) is 19.6. The molecule has 0 radical (unpaired) electrons. The molecular weight excluding hydrogens is 409 g/mol. The number of benzene rings is 2. The molecule has 0 aliphatic heterocycles. The van der Waals surface area contributed by atoms with Crippen molar-refractivity contribution in [2.75, 3.05) is 44.6 Å². The van der Waals surface area contributed by atoms with Crippen LogP contribution in [0.3, 0.4) is 0 Å². The molecule has 0 saturated heterocycles. The van der Waals surface area contributed by atoms with Crippen molar-refractivity contribution in [1.82, 2.24) is 0 Å². The number of nitrogens with one attached hydrogen (secondary N) is 2. The lowest BCUT2D eigenvalue weighted by Gasteiger charge is -2.23.